The smallest absolute Gasteiger partial charge is 0.341 e. The number of benzene rings is 3. The van der Waals surface area contributed by atoms with Crippen LogP contribution in [-0.2, 0) is 10.5 Å². The van der Waals surface area contributed by atoms with Gasteiger partial charge in [0.1, 0.15) is 10.6 Å². The van der Waals surface area contributed by atoms with E-state index in [1.165, 1.54) is 18.4 Å². The number of carbonyl (C=O) groups is 1. The van der Waals surface area contributed by atoms with Gasteiger partial charge in [0.25, 0.3) is 0 Å². The molecule has 0 atom stereocenters. The average Bonchev–Trinajstić information content (AvgIpc) is 3.48. The quantitative estimate of drug-likeness (QED) is 0.425. The van der Waals surface area contributed by atoms with E-state index >= 15 is 0 Å². The molecule has 2 heterocycles. The lowest BCUT2D eigenvalue weighted by Crippen LogP contribution is -2.36. The van der Waals surface area contributed by atoms with Crippen LogP contribution in [0.1, 0.15) is 21.5 Å². The second-order valence-corrected chi connectivity index (χ2v) is 7.63. The first-order valence-corrected chi connectivity index (χ1v) is 10.2. The maximum atomic E-state index is 12.6. The summed E-state index contributed by atoms with van der Waals surface area (Å²) in [5, 5.41) is 2.67. The van der Waals surface area contributed by atoms with E-state index in [0.29, 0.717) is 17.1 Å². The monoisotopic (exact) mass is 415 g/mol. The number of nitrogens with zero attached hydrogens (tertiary/aromatic N) is 1. The topological polar surface area (TPSA) is 57.7 Å². The Bertz CT molecular complexity index is 1150. The summed E-state index contributed by atoms with van der Waals surface area (Å²) >= 11 is 1.48. The van der Waals surface area contributed by atoms with Crippen LogP contribution < -0.4 is 9.47 Å². The minimum atomic E-state index is -1.21. The molecule has 3 aromatic carbocycles. The Kier molecular flexibility index (Phi) is 4.48. The van der Waals surface area contributed by atoms with Crippen molar-refractivity contribution in [2.24, 2.45) is 0 Å². The van der Waals surface area contributed by atoms with Gasteiger partial charge in [-0.15, -0.1) is 11.3 Å². The lowest BCUT2D eigenvalue weighted by molar-refractivity contribution is -0.0462. The Labute approximate surface area is 177 Å². The molecule has 0 radical (unpaired) electrons. The van der Waals surface area contributed by atoms with Crippen LogP contribution in [0.4, 0.5) is 0 Å². The summed E-state index contributed by atoms with van der Waals surface area (Å²) in [4.78, 5) is 17.0. The van der Waals surface area contributed by atoms with Gasteiger partial charge in [0, 0.05) is 28.3 Å². The largest absolute Gasteiger partial charge is 0.465 e. The first-order valence-electron chi connectivity index (χ1n) is 9.36. The Morgan fingerprint density at radius 3 is 2.20 bits per heavy atom. The number of fused-ring (bicyclic) bond motifs is 1. The van der Waals surface area contributed by atoms with Gasteiger partial charge in [-0.05, 0) is 12.1 Å². The van der Waals surface area contributed by atoms with Crippen molar-refractivity contribution in [2.75, 3.05) is 7.11 Å². The average molecular weight is 415 g/mol. The predicted molar refractivity (Wildman–Crippen MR) is 114 cm³/mol. The summed E-state index contributed by atoms with van der Waals surface area (Å²) in [6.07, 6.45) is 1.72. The third-order valence-electron chi connectivity index (χ3n) is 4.95. The number of hydrogen-bond acceptors (Lipinski definition) is 6. The molecule has 0 unspecified atom stereocenters. The van der Waals surface area contributed by atoms with Gasteiger partial charge < -0.3 is 14.2 Å². The Hall–Kier alpha value is -3.64. The van der Waals surface area contributed by atoms with Crippen molar-refractivity contribution < 1.29 is 19.0 Å². The van der Waals surface area contributed by atoms with Crippen molar-refractivity contribution in [1.82, 2.24) is 4.98 Å². The number of hydrogen-bond donors (Lipinski definition) is 0. The van der Waals surface area contributed by atoms with Gasteiger partial charge in [0.2, 0.25) is 0 Å². The second-order valence-electron chi connectivity index (χ2n) is 6.73. The summed E-state index contributed by atoms with van der Waals surface area (Å²) < 4.78 is 18.0. The number of aromatic nitrogens is 1. The molecule has 0 N–H and O–H groups in total. The Morgan fingerprint density at radius 2 is 1.63 bits per heavy atom. The fourth-order valence-electron chi connectivity index (χ4n) is 3.57. The number of thiazole rings is 1. The van der Waals surface area contributed by atoms with Gasteiger partial charge >= 0.3 is 11.8 Å². The van der Waals surface area contributed by atoms with E-state index in [4.69, 9.17) is 14.2 Å². The molecule has 0 fully saturated rings. The molecular formula is C24H17NO4S. The van der Waals surface area contributed by atoms with Gasteiger partial charge in [0.15, 0.2) is 11.5 Å². The minimum absolute atomic E-state index is 0.300. The van der Waals surface area contributed by atoms with Crippen molar-refractivity contribution in [3.8, 4) is 22.1 Å². The third-order valence-corrected chi connectivity index (χ3v) is 5.77. The van der Waals surface area contributed by atoms with E-state index in [0.717, 1.165) is 21.7 Å². The minimum Gasteiger partial charge on any atom is -0.465 e. The van der Waals surface area contributed by atoms with Crippen LogP contribution in [-0.4, -0.2) is 18.1 Å². The van der Waals surface area contributed by atoms with Gasteiger partial charge in [0.05, 0.1) is 7.11 Å². The molecule has 0 saturated carbocycles. The molecule has 6 heteroatoms. The maximum Gasteiger partial charge on any atom is 0.341 e. The molecule has 4 aromatic rings. The molecule has 5 nitrogen and oxygen atoms in total. The summed E-state index contributed by atoms with van der Waals surface area (Å²) in [5.41, 5.74) is 2.71. The summed E-state index contributed by atoms with van der Waals surface area (Å²) in [5.74, 6) is -0.884. The summed E-state index contributed by atoms with van der Waals surface area (Å²) in [7, 11) is 1.35. The highest BCUT2D eigenvalue weighted by Crippen LogP contribution is 2.51. The molecule has 0 saturated heterocycles. The normalized spacial score (nSPS) is 13.8. The zero-order chi connectivity index (χ0) is 20.6. The van der Waals surface area contributed by atoms with Crippen LogP contribution in [0.25, 0.3) is 10.6 Å². The van der Waals surface area contributed by atoms with Crippen LogP contribution in [0.15, 0.2) is 84.4 Å². The van der Waals surface area contributed by atoms with Crippen LogP contribution in [0.3, 0.4) is 0 Å². The lowest BCUT2D eigenvalue weighted by atomic mass is 9.97. The number of rotatable bonds is 4. The van der Waals surface area contributed by atoms with E-state index in [2.05, 4.69) is 4.98 Å². The van der Waals surface area contributed by atoms with Crippen LogP contribution in [0, 0.1) is 0 Å². The number of carbonyl (C=O) groups excluding carboxylic acids is 1. The first-order chi connectivity index (χ1) is 14.7. The van der Waals surface area contributed by atoms with Gasteiger partial charge in [-0.1, -0.05) is 60.7 Å². The fourth-order valence-corrected chi connectivity index (χ4v) is 4.20. The third kappa shape index (κ3) is 2.93. The predicted octanol–water partition coefficient (Wildman–Crippen LogP) is 5.27. The zero-order valence-electron chi connectivity index (χ0n) is 16.1. The summed E-state index contributed by atoms with van der Waals surface area (Å²) in [6.45, 7) is 0. The molecule has 30 heavy (non-hydrogen) atoms. The molecule has 0 bridgehead atoms. The van der Waals surface area contributed by atoms with E-state index in [1.807, 2.05) is 72.1 Å². The lowest BCUT2D eigenvalue weighted by Gasteiger charge is -2.28. The van der Waals surface area contributed by atoms with Crippen molar-refractivity contribution in [3.05, 3.63) is 101 Å². The summed E-state index contributed by atoms with van der Waals surface area (Å²) in [6, 6.07) is 22.9. The highest BCUT2D eigenvalue weighted by atomic mass is 32.1. The van der Waals surface area contributed by atoms with Gasteiger partial charge in [-0.2, -0.15) is 0 Å². The highest BCUT2D eigenvalue weighted by molar-refractivity contribution is 7.13. The molecule has 1 aliphatic rings. The van der Waals surface area contributed by atoms with Crippen molar-refractivity contribution >= 4 is 17.3 Å². The number of methoxy groups -OCH3 is 1. The van der Waals surface area contributed by atoms with Crippen LogP contribution in [0.2, 0.25) is 0 Å². The van der Waals surface area contributed by atoms with Crippen molar-refractivity contribution in [3.63, 3.8) is 0 Å². The van der Waals surface area contributed by atoms with E-state index < -0.39 is 11.8 Å². The molecule has 1 aliphatic heterocycles. The maximum absolute atomic E-state index is 12.6. The molecule has 0 spiro atoms. The second kappa shape index (κ2) is 7.31. The van der Waals surface area contributed by atoms with E-state index in [9.17, 15) is 4.79 Å². The number of esters is 1. The Morgan fingerprint density at radius 1 is 0.967 bits per heavy atom. The molecule has 1 aromatic heterocycles. The molecule has 0 aliphatic carbocycles. The SMILES string of the molecule is COC(=O)c1cc(-c2nccs2)cc2c1OC(c1ccccc1)(c1ccccc1)O2. The molecule has 0 amide bonds. The molecule has 148 valence electrons. The van der Waals surface area contributed by atoms with Crippen molar-refractivity contribution in [1.29, 1.82) is 0 Å². The first kappa shape index (κ1) is 18.4. The van der Waals surface area contributed by atoms with E-state index in [1.54, 1.807) is 12.3 Å². The standard InChI is InChI=1S/C24H17NO4S/c1-27-23(26)19-14-16(22-25-12-13-30-22)15-20-21(19)29-24(28-20,17-8-4-2-5-9-17)18-10-6-3-7-11-18/h2-15H,1H3. The van der Waals surface area contributed by atoms with Crippen LogP contribution >= 0.6 is 11.3 Å². The van der Waals surface area contributed by atoms with E-state index in [-0.39, 0.29) is 0 Å². The van der Waals surface area contributed by atoms with Gasteiger partial charge in [-0.3, -0.25) is 0 Å². The number of ether oxygens (including phenoxy) is 3. The van der Waals surface area contributed by atoms with Crippen molar-refractivity contribution in [2.45, 2.75) is 5.79 Å². The molecule has 5 rings (SSSR count). The zero-order valence-corrected chi connectivity index (χ0v) is 16.9. The van der Waals surface area contributed by atoms with Gasteiger partial charge in [-0.25, -0.2) is 9.78 Å². The highest BCUT2D eigenvalue weighted by Gasteiger charge is 2.47. The fraction of sp³-hybridized carbons (Fsp3) is 0.0833. The molecular weight excluding hydrogens is 398 g/mol. The van der Waals surface area contributed by atoms with Crippen LogP contribution in [0.5, 0.6) is 11.5 Å². The Balaban J connectivity index is 1.72.